The molecule has 1 rings (SSSR count). The minimum absolute atomic E-state index is 0.0649. The second-order valence-electron chi connectivity index (χ2n) is 3.93. The number of alkyl halides is 6. The van der Waals surface area contributed by atoms with Crippen LogP contribution in [-0.2, 0) is 17.1 Å². The van der Waals surface area contributed by atoms with E-state index in [4.69, 9.17) is 0 Å². The molecule has 0 heterocycles. The Labute approximate surface area is 109 Å². The van der Waals surface area contributed by atoms with Gasteiger partial charge in [0.1, 0.15) is 5.76 Å². The topological polar surface area (TPSA) is 37.3 Å². The average molecular weight is 298 g/mol. The van der Waals surface area contributed by atoms with Crippen LogP contribution in [0.1, 0.15) is 23.6 Å². The molecular weight excluding hydrogens is 290 g/mol. The van der Waals surface area contributed by atoms with Crippen LogP contribution >= 0.6 is 0 Å². The monoisotopic (exact) mass is 298 g/mol. The molecule has 1 aromatic carbocycles. The Bertz CT molecular complexity index is 522. The largest absolute Gasteiger partial charge is 0.507 e. The summed E-state index contributed by atoms with van der Waals surface area (Å²) in [4.78, 5) is 10.7. The number of allylic oxidation sites excluding steroid dienone is 1. The number of hydrogen-bond donors (Lipinski definition) is 1. The summed E-state index contributed by atoms with van der Waals surface area (Å²) >= 11 is 0. The molecule has 20 heavy (non-hydrogen) atoms. The summed E-state index contributed by atoms with van der Waals surface area (Å²) in [5, 5.41) is 9.38. The molecule has 2 nitrogen and oxygen atoms in total. The minimum Gasteiger partial charge on any atom is -0.507 e. The van der Waals surface area contributed by atoms with E-state index in [2.05, 4.69) is 0 Å². The highest BCUT2D eigenvalue weighted by Crippen LogP contribution is 2.37. The normalized spacial score (nSPS) is 13.4. The predicted octanol–water partition coefficient (Wildman–Crippen LogP) is 4.21. The molecule has 0 saturated carbocycles. The molecule has 0 spiro atoms. The summed E-state index contributed by atoms with van der Waals surface area (Å²) in [5.74, 6) is -1.68. The summed E-state index contributed by atoms with van der Waals surface area (Å²) in [6.07, 6.45) is -9.48. The molecule has 0 aromatic heterocycles. The van der Waals surface area contributed by atoms with Crippen molar-refractivity contribution in [3.8, 4) is 0 Å². The number of benzene rings is 1. The predicted molar refractivity (Wildman–Crippen MR) is 57.7 cm³/mol. The highest BCUT2D eigenvalue weighted by molar-refractivity contribution is 5.93. The van der Waals surface area contributed by atoms with Gasteiger partial charge in [0, 0.05) is 11.6 Å². The lowest BCUT2D eigenvalue weighted by Gasteiger charge is -2.13. The number of carbonyl (C=O) groups excluding carboxylic acids is 1. The van der Waals surface area contributed by atoms with Crippen LogP contribution in [0.25, 0.3) is 5.76 Å². The molecule has 0 fully saturated rings. The molecule has 8 heteroatoms. The van der Waals surface area contributed by atoms with Crippen molar-refractivity contribution in [1.29, 1.82) is 0 Å². The SMILES string of the molecule is CC(=O)/C=C(\O)c1cc(C(F)(F)F)cc(C(F)(F)F)c1. The Hall–Kier alpha value is -1.99. The van der Waals surface area contributed by atoms with E-state index < -0.39 is 40.6 Å². The van der Waals surface area contributed by atoms with Gasteiger partial charge in [-0.2, -0.15) is 26.3 Å². The molecule has 0 aliphatic carbocycles. The molecular formula is C12H8F6O2. The van der Waals surface area contributed by atoms with Crippen LogP contribution < -0.4 is 0 Å². The van der Waals surface area contributed by atoms with E-state index in [0.29, 0.717) is 18.2 Å². The fraction of sp³-hybridized carbons (Fsp3) is 0.250. The summed E-state index contributed by atoms with van der Waals surface area (Å²) in [6.45, 7) is 0.995. The maximum absolute atomic E-state index is 12.5. The van der Waals surface area contributed by atoms with Crippen LogP contribution in [0.15, 0.2) is 24.3 Å². The van der Waals surface area contributed by atoms with Crippen LogP contribution in [0, 0.1) is 0 Å². The number of carbonyl (C=O) groups is 1. The number of aliphatic hydroxyl groups is 1. The van der Waals surface area contributed by atoms with Crippen molar-refractivity contribution in [2.45, 2.75) is 19.3 Å². The van der Waals surface area contributed by atoms with Crippen LogP contribution in [0.2, 0.25) is 0 Å². The highest BCUT2D eigenvalue weighted by atomic mass is 19.4. The third-order valence-corrected chi connectivity index (χ3v) is 2.22. The van der Waals surface area contributed by atoms with E-state index in [9.17, 15) is 36.2 Å². The van der Waals surface area contributed by atoms with Crippen molar-refractivity contribution in [2.24, 2.45) is 0 Å². The van der Waals surface area contributed by atoms with Crippen molar-refractivity contribution >= 4 is 11.5 Å². The van der Waals surface area contributed by atoms with Gasteiger partial charge in [-0.3, -0.25) is 4.79 Å². The van der Waals surface area contributed by atoms with Crippen molar-refractivity contribution in [1.82, 2.24) is 0 Å². The molecule has 0 amide bonds. The molecule has 0 bridgehead atoms. The number of ketones is 1. The summed E-state index contributed by atoms with van der Waals surface area (Å²) in [5.41, 5.74) is -3.86. The Kier molecular flexibility index (Phi) is 4.16. The molecule has 0 unspecified atom stereocenters. The molecule has 0 atom stereocenters. The van der Waals surface area contributed by atoms with E-state index >= 15 is 0 Å². The minimum atomic E-state index is -5.01. The first-order valence-corrected chi connectivity index (χ1v) is 5.12. The number of rotatable bonds is 2. The van der Waals surface area contributed by atoms with Gasteiger partial charge in [0.05, 0.1) is 11.1 Å². The van der Waals surface area contributed by atoms with Gasteiger partial charge in [-0.1, -0.05) is 0 Å². The third kappa shape index (κ3) is 4.01. The molecule has 0 aliphatic heterocycles. The molecule has 1 N–H and O–H groups in total. The van der Waals surface area contributed by atoms with Crippen LogP contribution in [0.4, 0.5) is 26.3 Å². The zero-order valence-electron chi connectivity index (χ0n) is 9.93. The van der Waals surface area contributed by atoms with Crippen molar-refractivity contribution in [2.75, 3.05) is 0 Å². The van der Waals surface area contributed by atoms with Gasteiger partial charge in [-0.25, -0.2) is 0 Å². The molecule has 0 aliphatic rings. The van der Waals surface area contributed by atoms with Gasteiger partial charge in [0.2, 0.25) is 0 Å². The van der Waals surface area contributed by atoms with Gasteiger partial charge < -0.3 is 5.11 Å². The molecule has 1 aromatic rings. The Morgan fingerprint density at radius 1 is 1.00 bits per heavy atom. The first kappa shape index (κ1) is 16.1. The summed E-state index contributed by atoms with van der Waals surface area (Å²) < 4.78 is 75.2. The number of aliphatic hydroxyl groups excluding tert-OH is 1. The average Bonchev–Trinajstić information content (AvgIpc) is 2.25. The molecule has 110 valence electrons. The Morgan fingerprint density at radius 2 is 1.40 bits per heavy atom. The molecule has 0 saturated heterocycles. The quantitative estimate of drug-likeness (QED) is 0.504. The number of halogens is 6. The first-order valence-electron chi connectivity index (χ1n) is 5.12. The van der Waals surface area contributed by atoms with Gasteiger partial charge in [-0.15, -0.1) is 0 Å². The van der Waals surface area contributed by atoms with Crippen molar-refractivity contribution in [3.63, 3.8) is 0 Å². The van der Waals surface area contributed by atoms with Gasteiger partial charge >= 0.3 is 12.4 Å². The van der Waals surface area contributed by atoms with Crippen LogP contribution in [-0.4, -0.2) is 10.9 Å². The second kappa shape index (κ2) is 5.18. The Balaban J connectivity index is 3.50. The lowest BCUT2D eigenvalue weighted by Crippen LogP contribution is -2.11. The third-order valence-electron chi connectivity index (χ3n) is 2.22. The maximum atomic E-state index is 12.5. The molecule has 0 radical (unpaired) electrons. The smallest absolute Gasteiger partial charge is 0.416 e. The van der Waals surface area contributed by atoms with Crippen molar-refractivity contribution < 1.29 is 36.2 Å². The van der Waals surface area contributed by atoms with E-state index in [1.807, 2.05) is 0 Å². The van der Waals surface area contributed by atoms with Gasteiger partial charge in [-0.05, 0) is 25.1 Å². The first-order chi connectivity index (χ1) is 8.91. The zero-order chi connectivity index (χ0) is 15.7. The van der Waals surface area contributed by atoms with E-state index in [0.717, 1.165) is 6.92 Å². The fourth-order valence-electron chi connectivity index (χ4n) is 1.38. The van der Waals surface area contributed by atoms with Crippen LogP contribution in [0.5, 0.6) is 0 Å². The van der Waals surface area contributed by atoms with Crippen LogP contribution in [0.3, 0.4) is 0 Å². The van der Waals surface area contributed by atoms with Gasteiger partial charge in [0.15, 0.2) is 5.78 Å². The summed E-state index contributed by atoms with van der Waals surface area (Å²) in [6, 6.07) is 0.610. The standard InChI is InChI=1S/C12H8F6O2/c1-6(19)2-10(20)7-3-8(11(13,14)15)5-9(4-7)12(16,17)18/h2-5,20H,1H3/b10-2-. The lowest BCUT2D eigenvalue weighted by molar-refractivity contribution is -0.143. The maximum Gasteiger partial charge on any atom is 0.416 e. The second-order valence-corrected chi connectivity index (χ2v) is 3.93. The highest BCUT2D eigenvalue weighted by Gasteiger charge is 2.37. The summed E-state index contributed by atoms with van der Waals surface area (Å²) in [7, 11) is 0. The Morgan fingerprint density at radius 3 is 1.70 bits per heavy atom. The van der Waals surface area contributed by atoms with E-state index in [-0.39, 0.29) is 6.07 Å². The van der Waals surface area contributed by atoms with Crippen molar-refractivity contribution in [3.05, 3.63) is 41.0 Å². The zero-order valence-corrected chi connectivity index (χ0v) is 9.93. The van der Waals surface area contributed by atoms with Gasteiger partial charge in [0.25, 0.3) is 0 Å². The van der Waals surface area contributed by atoms with E-state index in [1.54, 1.807) is 0 Å². The lowest BCUT2D eigenvalue weighted by atomic mass is 10.0. The number of hydrogen-bond acceptors (Lipinski definition) is 2. The van der Waals surface area contributed by atoms with E-state index in [1.165, 1.54) is 0 Å². The fourth-order valence-corrected chi connectivity index (χ4v) is 1.38.